The van der Waals surface area contributed by atoms with Gasteiger partial charge in [-0.05, 0) is 55.5 Å². The Balaban J connectivity index is 1.66. The number of anilines is 2. The quantitative estimate of drug-likeness (QED) is 0.677. The number of hydrogen-bond donors (Lipinski definition) is 2. The summed E-state index contributed by atoms with van der Waals surface area (Å²) in [5.41, 5.74) is 11.2. The van der Waals surface area contributed by atoms with E-state index in [9.17, 15) is 0 Å². The number of aliphatic imine (C=N–C) groups is 1. The summed E-state index contributed by atoms with van der Waals surface area (Å²) in [7, 11) is 1.72. The van der Waals surface area contributed by atoms with Crippen molar-refractivity contribution in [1.82, 2.24) is 20.2 Å². The second kappa shape index (κ2) is 7.11. The SMILES string of the molecule is CN=CC(=C(C)N)c1cnc2ccc(Nc3cc(C4CC4)cnn3)nc2c1. The summed E-state index contributed by atoms with van der Waals surface area (Å²) in [5, 5.41) is 11.5. The van der Waals surface area contributed by atoms with E-state index < -0.39 is 0 Å². The molecule has 0 aromatic carbocycles. The topological polar surface area (TPSA) is 102 Å². The van der Waals surface area contributed by atoms with Crippen LogP contribution in [0.25, 0.3) is 16.6 Å². The minimum Gasteiger partial charge on any atom is -0.402 e. The van der Waals surface area contributed by atoms with Gasteiger partial charge >= 0.3 is 0 Å². The molecule has 3 heterocycles. The van der Waals surface area contributed by atoms with Gasteiger partial charge in [-0.2, -0.15) is 5.10 Å². The first-order valence-corrected chi connectivity index (χ1v) is 8.89. The predicted molar refractivity (Wildman–Crippen MR) is 108 cm³/mol. The molecule has 4 rings (SSSR count). The minimum absolute atomic E-state index is 0.627. The fourth-order valence-electron chi connectivity index (χ4n) is 2.97. The molecule has 1 aliphatic carbocycles. The van der Waals surface area contributed by atoms with Crippen LogP contribution in [0.3, 0.4) is 0 Å². The Morgan fingerprint density at radius 2 is 2.04 bits per heavy atom. The number of hydrogen-bond acceptors (Lipinski definition) is 7. The average molecular weight is 359 g/mol. The van der Waals surface area contributed by atoms with Crippen molar-refractivity contribution >= 4 is 34.5 Å². The van der Waals surface area contributed by atoms with Crippen LogP contribution >= 0.6 is 0 Å². The zero-order valence-electron chi connectivity index (χ0n) is 15.3. The van der Waals surface area contributed by atoms with Gasteiger partial charge in [0.2, 0.25) is 0 Å². The number of aromatic nitrogens is 4. The van der Waals surface area contributed by atoms with Gasteiger partial charge in [-0.3, -0.25) is 9.98 Å². The normalized spacial score (nSPS) is 15.2. The van der Waals surface area contributed by atoms with Crippen LogP contribution in [-0.4, -0.2) is 33.4 Å². The van der Waals surface area contributed by atoms with Crippen LogP contribution in [0, 0.1) is 0 Å². The van der Waals surface area contributed by atoms with E-state index in [1.54, 1.807) is 19.5 Å². The van der Waals surface area contributed by atoms with Gasteiger partial charge in [0.1, 0.15) is 5.82 Å². The maximum atomic E-state index is 5.99. The fraction of sp³-hybridized carbons (Fsp3) is 0.250. The lowest BCUT2D eigenvalue weighted by atomic mass is 10.1. The number of nitrogens with one attached hydrogen (secondary N) is 1. The van der Waals surface area contributed by atoms with Gasteiger partial charge in [-0.25, -0.2) is 4.98 Å². The molecule has 27 heavy (non-hydrogen) atoms. The molecule has 0 radical (unpaired) electrons. The lowest BCUT2D eigenvalue weighted by Crippen LogP contribution is -2.01. The molecule has 1 saturated carbocycles. The fourth-order valence-corrected chi connectivity index (χ4v) is 2.97. The zero-order valence-corrected chi connectivity index (χ0v) is 15.3. The Hall–Kier alpha value is -3.35. The maximum Gasteiger partial charge on any atom is 0.154 e. The highest BCUT2D eigenvalue weighted by molar-refractivity contribution is 6.11. The standard InChI is InChI=1S/C20H21N7/c1-12(21)16(11-22-2)15-7-18-17(23-9-15)5-6-19(25-18)26-20-8-14(10-24-27-20)13-3-4-13/h5-11,13H,3-4,21H2,1-2H3,(H,25,26,27). The van der Waals surface area contributed by atoms with Crippen molar-refractivity contribution in [3.63, 3.8) is 0 Å². The molecule has 0 aliphatic heterocycles. The van der Waals surface area contributed by atoms with E-state index in [4.69, 9.17) is 5.73 Å². The summed E-state index contributed by atoms with van der Waals surface area (Å²) in [6, 6.07) is 7.83. The highest BCUT2D eigenvalue weighted by Crippen LogP contribution is 2.40. The van der Waals surface area contributed by atoms with Crippen molar-refractivity contribution in [2.75, 3.05) is 12.4 Å². The molecule has 3 aromatic heterocycles. The number of allylic oxidation sites excluding steroid dienone is 2. The summed E-state index contributed by atoms with van der Waals surface area (Å²) in [6.07, 6.45) is 7.82. The third-order valence-corrected chi connectivity index (χ3v) is 4.51. The Bertz CT molecular complexity index is 1050. The van der Waals surface area contributed by atoms with Crippen LogP contribution in [0.5, 0.6) is 0 Å². The predicted octanol–water partition coefficient (Wildman–Crippen LogP) is 3.43. The van der Waals surface area contributed by atoms with Gasteiger partial charge in [-0.1, -0.05) is 0 Å². The summed E-state index contributed by atoms with van der Waals surface area (Å²) >= 11 is 0. The van der Waals surface area contributed by atoms with Gasteiger partial charge in [0.05, 0.1) is 17.2 Å². The highest BCUT2D eigenvalue weighted by atomic mass is 15.2. The molecule has 3 aromatic rings. The molecule has 136 valence electrons. The smallest absolute Gasteiger partial charge is 0.154 e. The van der Waals surface area contributed by atoms with Crippen molar-refractivity contribution in [2.24, 2.45) is 10.7 Å². The van der Waals surface area contributed by atoms with Crippen molar-refractivity contribution in [3.8, 4) is 0 Å². The zero-order chi connectivity index (χ0) is 18.8. The molecular formula is C20H21N7. The van der Waals surface area contributed by atoms with Crippen LogP contribution in [0.2, 0.25) is 0 Å². The lowest BCUT2D eigenvalue weighted by molar-refractivity contribution is 0.981. The number of rotatable bonds is 5. The first-order valence-electron chi connectivity index (χ1n) is 8.89. The van der Waals surface area contributed by atoms with E-state index in [0.717, 1.165) is 22.2 Å². The molecule has 7 nitrogen and oxygen atoms in total. The monoisotopic (exact) mass is 359 g/mol. The van der Waals surface area contributed by atoms with Gasteiger partial charge in [-0.15, -0.1) is 5.10 Å². The van der Waals surface area contributed by atoms with Gasteiger partial charge in [0.15, 0.2) is 5.82 Å². The molecule has 0 amide bonds. The summed E-state index contributed by atoms with van der Waals surface area (Å²) in [6.45, 7) is 1.85. The molecule has 0 spiro atoms. The molecule has 1 fully saturated rings. The molecule has 0 unspecified atom stereocenters. The minimum atomic E-state index is 0.627. The van der Waals surface area contributed by atoms with Crippen LogP contribution in [0.15, 0.2) is 47.3 Å². The number of nitrogens with two attached hydrogens (primary N) is 1. The first-order chi connectivity index (χ1) is 13.1. The van der Waals surface area contributed by atoms with Crippen molar-refractivity contribution in [3.05, 3.63) is 53.5 Å². The molecule has 7 heteroatoms. The van der Waals surface area contributed by atoms with Crippen molar-refractivity contribution in [1.29, 1.82) is 0 Å². The summed E-state index contributed by atoms with van der Waals surface area (Å²) < 4.78 is 0. The van der Waals surface area contributed by atoms with Crippen LogP contribution in [0.4, 0.5) is 11.6 Å². The summed E-state index contributed by atoms with van der Waals surface area (Å²) in [4.78, 5) is 13.2. The van der Waals surface area contributed by atoms with E-state index in [-0.39, 0.29) is 0 Å². The Labute approximate surface area is 157 Å². The summed E-state index contributed by atoms with van der Waals surface area (Å²) in [5.74, 6) is 2.03. The van der Waals surface area contributed by atoms with Crippen LogP contribution in [-0.2, 0) is 0 Å². The largest absolute Gasteiger partial charge is 0.402 e. The first kappa shape index (κ1) is 17.1. The second-order valence-electron chi connectivity index (χ2n) is 6.72. The second-order valence-corrected chi connectivity index (χ2v) is 6.72. The molecule has 0 atom stereocenters. The molecule has 0 bridgehead atoms. The number of fused-ring (bicyclic) bond motifs is 1. The third-order valence-electron chi connectivity index (χ3n) is 4.51. The van der Waals surface area contributed by atoms with Crippen molar-refractivity contribution in [2.45, 2.75) is 25.7 Å². The van der Waals surface area contributed by atoms with Crippen molar-refractivity contribution < 1.29 is 0 Å². The van der Waals surface area contributed by atoms with Crippen LogP contribution in [0.1, 0.15) is 36.8 Å². The molecule has 1 aliphatic rings. The van der Waals surface area contributed by atoms with E-state index in [0.29, 0.717) is 23.3 Å². The molecular weight excluding hydrogens is 338 g/mol. The lowest BCUT2D eigenvalue weighted by Gasteiger charge is -2.08. The molecule has 3 N–H and O–H groups in total. The van der Waals surface area contributed by atoms with Crippen LogP contribution < -0.4 is 11.1 Å². The van der Waals surface area contributed by atoms with Gasteiger partial charge in [0.25, 0.3) is 0 Å². The van der Waals surface area contributed by atoms with E-state index in [2.05, 4.69) is 30.5 Å². The number of nitrogens with zero attached hydrogens (tertiary/aromatic N) is 5. The number of pyridine rings is 2. The van der Waals surface area contributed by atoms with E-state index >= 15 is 0 Å². The van der Waals surface area contributed by atoms with E-state index in [1.807, 2.05) is 37.4 Å². The Morgan fingerprint density at radius 1 is 1.19 bits per heavy atom. The molecule has 0 saturated heterocycles. The Kier molecular flexibility index (Phi) is 4.50. The average Bonchev–Trinajstić information content (AvgIpc) is 3.51. The van der Waals surface area contributed by atoms with E-state index in [1.165, 1.54) is 18.4 Å². The maximum absolute atomic E-state index is 5.99. The highest BCUT2D eigenvalue weighted by Gasteiger charge is 2.24. The van der Waals surface area contributed by atoms with Gasteiger partial charge in [0, 0.05) is 36.3 Å². The third kappa shape index (κ3) is 3.76. The van der Waals surface area contributed by atoms with Gasteiger partial charge < -0.3 is 11.1 Å². The Morgan fingerprint density at radius 3 is 2.78 bits per heavy atom.